The van der Waals surface area contributed by atoms with E-state index < -0.39 is 0 Å². The molecule has 0 fully saturated rings. The zero-order valence-electron chi connectivity index (χ0n) is 8.87. The average Bonchev–Trinajstić information content (AvgIpc) is 2.12. The summed E-state index contributed by atoms with van der Waals surface area (Å²) in [4.78, 5) is 4.32. The van der Waals surface area contributed by atoms with Gasteiger partial charge in [-0.1, -0.05) is 0 Å². The van der Waals surface area contributed by atoms with Crippen LogP contribution in [0.5, 0.6) is 0 Å². The predicted molar refractivity (Wildman–Crippen MR) is 62.5 cm³/mol. The van der Waals surface area contributed by atoms with E-state index in [0.717, 1.165) is 16.3 Å². The van der Waals surface area contributed by atoms with Crippen molar-refractivity contribution < 1.29 is 5.11 Å². The molecule has 0 aliphatic rings. The largest absolute Gasteiger partial charge is 0.396 e. The first-order valence-corrected chi connectivity index (χ1v) is 5.61. The van der Waals surface area contributed by atoms with Crippen molar-refractivity contribution in [3.63, 3.8) is 0 Å². The van der Waals surface area contributed by atoms with Gasteiger partial charge in [-0.3, -0.25) is 5.41 Å². The summed E-state index contributed by atoms with van der Waals surface area (Å²) in [6.07, 6.45) is 0. The van der Waals surface area contributed by atoms with Gasteiger partial charge < -0.3 is 10.8 Å². The van der Waals surface area contributed by atoms with Gasteiger partial charge in [0.2, 0.25) is 0 Å². The summed E-state index contributed by atoms with van der Waals surface area (Å²) in [5, 5.41) is 17.0. The number of nitrogens with zero attached hydrogens (tertiary/aromatic N) is 1. The Morgan fingerprint density at radius 2 is 2.27 bits per heavy atom. The highest BCUT2D eigenvalue weighted by atomic mass is 32.2. The Bertz CT molecular complexity index is 379. The van der Waals surface area contributed by atoms with Gasteiger partial charge >= 0.3 is 0 Å². The molecule has 1 aromatic heterocycles. The monoisotopic (exact) mass is 225 g/mol. The number of nitrogens with one attached hydrogen (secondary N) is 1. The molecular weight excluding hydrogens is 210 g/mol. The van der Waals surface area contributed by atoms with Crippen LogP contribution in [0.3, 0.4) is 0 Å². The van der Waals surface area contributed by atoms with E-state index in [-0.39, 0.29) is 12.4 Å². The van der Waals surface area contributed by atoms with Gasteiger partial charge in [0.15, 0.2) is 0 Å². The number of aryl methyl sites for hydroxylation is 2. The molecular formula is C10H15N3OS. The molecule has 0 atom stereocenters. The zero-order chi connectivity index (χ0) is 11.4. The molecule has 15 heavy (non-hydrogen) atoms. The molecule has 0 aliphatic heterocycles. The maximum atomic E-state index is 8.76. The van der Waals surface area contributed by atoms with Gasteiger partial charge in [0.1, 0.15) is 10.9 Å². The normalized spacial score (nSPS) is 10.3. The smallest absolute Gasteiger partial charge is 0.125 e. The van der Waals surface area contributed by atoms with Gasteiger partial charge in [0.05, 0.1) is 12.2 Å². The highest BCUT2D eigenvalue weighted by molar-refractivity contribution is 7.99. The number of aliphatic hydroxyl groups is 1. The molecule has 1 rings (SSSR count). The minimum absolute atomic E-state index is 0.0282. The van der Waals surface area contributed by atoms with E-state index in [1.54, 1.807) is 0 Å². The third kappa shape index (κ3) is 2.94. The van der Waals surface area contributed by atoms with E-state index in [9.17, 15) is 0 Å². The number of hydrogen-bond acceptors (Lipinski definition) is 4. The van der Waals surface area contributed by atoms with Gasteiger partial charge in [-0.05, 0) is 25.5 Å². The van der Waals surface area contributed by atoms with Gasteiger partial charge in [-0.25, -0.2) is 4.98 Å². The lowest BCUT2D eigenvalue weighted by Gasteiger charge is -2.10. The molecule has 4 nitrogen and oxygen atoms in total. The van der Waals surface area contributed by atoms with Crippen LogP contribution in [0.4, 0.5) is 0 Å². The van der Waals surface area contributed by atoms with Crippen LogP contribution in [0, 0.1) is 19.3 Å². The number of amidine groups is 1. The Kier molecular flexibility index (Phi) is 4.11. The third-order valence-electron chi connectivity index (χ3n) is 1.91. The second-order valence-corrected chi connectivity index (χ2v) is 4.33. The van der Waals surface area contributed by atoms with E-state index >= 15 is 0 Å². The van der Waals surface area contributed by atoms with Crippen molar-refractivity contribution in [2.24, 2.45) is 5.73 Å². The molecule has 0 aliphatic carbocycles. The van der Waals surface area contributed by atoms with Crippen molar-refractivity contribution >= 4 is 17.6 Å². The summed E-state index contributed by atoms with van der Waals surface area (Å²) >= 11 is 1.42. The molecule has 5 heteroatoms. The minimum atomic E-state index is 0.0282. The van der Waals surface area contributed by atoms with Crippen LogP contribution in [0.1, 0.15) is 16.8 Å². The number of pyridine rings is 1. The highest BCUT2D eigenvalue weighted by Gasteiger charge is 2.11. The maximum absolute atomic E-state index is 8.76. The number of hydrogen-bond donors (Lipinski definition) is 3. The van der Waals surface area contributed by atoms with Crippen molar-refractivity contribution in [3.8, 4) is 0 Å². The lowest BCUT2D eigenvalue weighted by molar-refractivity contribution is 0.322. The molecule has 82 valence electrons. The summed E-state index contributed by atoms with van der Waals surface area (Å²) in [7, 11) is 0. The summed E-state index contributed by atoms with van der Waals surface area (Å²) in [5.74, 6) is 0.594. The Hall–Kier alpha value is -1.07. The number of nitrogens with two attached hydrogens (primary N) is 1. The van der Waals surface area contributed by atoms with Crippen molar-refractivity contribution in [2.45, 2.75) is 18.9 Å². The second-order valence-electron chi connectivity index (χ2n) is 3.25. The van der Waals surface area contributed by atoms with Gasteiger partial charge in [-0.15, -0.1) is 11.8 Å². The molecule has 0 saturated heterocycles. The molecule has 0 aromatic carbocycles. The maximum Gasteiger partial charge on any atom is 0.125 e. The van der Waals surface area contributed by atoms with Crippen LogP contribution in [0.15, 0.2) is 11.1 Å². The third-order valence-corrected chi connectivity index (χ3v) is 2.87. The fourth-order valence-corrected chi connectivity index (χ4v) is 2.29. The molecule has 1 heterocycles. The molecule has 0 radical (unpaired) electrons. The van der Waals surface area contributed by atoms with Gasteiger partial charge in [-0.2, -0.15) is 0 Å². The predicted octanol–water partition coefficient (Wildman–Crippen LogP) is 1.07. The molecule has 0 amide bonds. The van der Waals surface area contributed by atoms with E-state index in [1.807, 2.05) is 19.9 Å². The van der Waals surface area contributed by atoms with E-state index in [1.165, 1.54) is 11.8 Å². The molecule has 4 N–H and O–H groups in total. The van der Waals surface area contributed by atoms with Crippen LogP contribution in [0.2, 0.25) is 0 Å². The Morgan fingerprint density at radius 1 is 1.60 bits per heavy atom. The molecule has 0 spiro atoms. The van der Waals surface area contributed by atoms with Crippen molar-refractivity contribution in [2.75, 3.05) is 12.4 Å². The SMILES string of the molecule is Cc1cc(C)c(C(=N)N)c(SCCO)n1. The summed E-state index contributed by atoms with van der Waals surface area (Å²) in [5.41, 5.74) is 8.04. The average molecular weight is 225 g/mol. The van der Waals surface area contributed by atoms with Crippen molar-refractivity contribution in [1.82, 2.24) is 4.98 Å². The fourth-order valence-electron chi connectivity index (χ4n) is 1.38. The first-order chi connectivity index (χ1) is 7.06. The van der Waals surface area contributed by atoms with Crippen LogP contribution in [0.25, 0.3) is 0 Å². The van der Waals surface area contributed by atoms with Crippen LogP contribution >= 0.6 is 11.8 Å². The second kappa shape index (κ2) is 5.14. The van der Waals surface area contributed by atoms with E-state index in [2.05, 4.69) is 4.98 Å². The molecule has 0 bridgehead atoms. The number of aromatic nitrogens is 1. The lowest BCUT2D eigenvalue weighted by Crippen LogP contribution is -2.15. The first-order valence-electron chi connectivity index (χ1n) is 4.62. The summed E-state index contributed by atoms with van der Waals surface area (Å²) < 4.78 is 0. The fraction of sp³-hybridized carbons (Fsp3) is 0.400. The number of thioether (sulfide) groups is 1. The number of aliphatic hydroxyl groups excluding tert-OH is 1. The Balaban J connectivity index is 3.14. The number of rotatable bonds is 4. The van der Waals surface area contributed by atoms with E-state index in [4.69, 9.17) is 16.2 Å². The van der Waals surface area contributed by atoms with Crippen molar-refractivity contribution in [1.29, 1.82) is 5.41 Å². The summed E-state index contributed by atoms with van der Waals surface area (Å²) in [6.45, 7) is 3.91. The zero-order valence-corrected chi connectivity index (χ0v) is 9.69. The summed E-state index contributed by atoms with van der Waals surface area (Å²) in [6, 6.07) is 1.90. The van der Waals surface area contributed by atoms with Crippen LogP contribution < -0.4 is 5.73 Å². The highest BCUT2D eigenvalue weighted by Crippen LogP contribution is 2.23. The lowest BCUT2D eigenvalue weighted by atomic mass is 10.1. The standard InChI is InChI=1S/C10H15N3OS/c1-6-5-7(2)13-10(15-4-3-14)8(6)9(11)12/h5,14H,3-4H2,1-2H3,(H3,11,12). The van der Waals surface area contributed by atoms with Crippen LogP contribution in [-0.4, -0.2) is 28.3 Å². The molecule has 1 aromatic rings. The Labute approximate surface area is 93.4 Å². The quantitative estimate of drug-likeness (QED) is 0.406. The minimum Gasteiger partial charge on any atom is -0.396 e. The Morgan fingerprint density at radius 3 is 2.80 bits per heavy atom. The number of nitrogen functional groups attached to an aromatic ring is 1. The molecule has 0 saturated carbocycles. The van der Waals surface area contributed by atoms with Crippen molar-refractivity contribution in [3.05, 3.63) is 22.9 Å². The topological polar surface area (TPSA) is 83.0 Å². The first kappa shape index (κ1) is 12.0. The van der Waals surface area contributed by atoms with Crippen LogP contribution in [-0.2, 0) is 0 Å². The van der Waals surface area contributed by atoms with Gasteiger partial charge in [0, 0.05) is 11.4 Å². The molecule has 0 unspecified atom stereocenters. The van der Waals surface area contributed by atoms with E-state index in [0.29, 0.717) is 11.3 Å². The van der Waals surface area contributed by atoms with Gasteiger partial charge in [0.25, 0.3) is 0 Å².